The quantitative estimate of drug-likeness (QED) is 0.216. The first kappa shape index (κ1) is 23.9. The number of nitrogens with one attached hydrogen (secondary N) is 3. The number of H-pyrrole nitrogens is 2. The van der Waals surface area contributed by atoms with Crippen molar-refractivity contribution in [1.82, 2.24) is 30.1 Å². The summed E-state index contributed by atoms with van der Waals surface area (Å²) in [6.07, 6.45) is 4.92. The van der Waals surface area contributed by atoms with E-state index in [4.69, 9.17) is 4.98 Å². The van der Waals surface area contributed by atoms with Crippen LogP contribution in [0, 0.1) is 12.7 Å². The Labute approximate surface area is 231 Å². The van der Waals surface area contributed by atoms with Gasteiger partial charge >= 0.3 is 0 Å². The molecular weight excluding hydrogens is 525 g/mol. The molecule has 7 rings (SSSR count). The van der Waals surface area contributed by atoms with Crippen LogP contribution in [0.15, 0.2) is 85.3 Å². The SMILES string of the molecule is Cc1ccc(-c2nccc3[nH]c(-c4n[nH]c5c(F)cc(-c6cncc(NC(=O)c7ccccc7)c6)cc45)nc23)s1. The Bertz CT molecular complexity index is 2040. The molecule has 1 amide bonds. The van der Waals surface area contributed by atoms with Gasteiger partial charge in [0, 0.05) is 33.8 Å². The molecule has 0 aliphatic heterocycles. The van der Waals surface area contributed by atoms with Crippen molar-refractivity contribution in [3.05, 3.63) is 102 Å². The van der Waals surface area contributed by atoms with Gasteiger partial charge in [-0.15, -0.1) is 11.3 Å². The van der Waals surface area contributed by atoms with Crippen LogP contribution in [0.5, 0.6) is 0 Å². The highest BCUT2D eigenvalue weighted by Crippen LogP contribution is 2.35. The third-order valence-electron chi connectivity index (χ3n) is 6.59. The van der Waals surface area contributed by atoms with Crippen LogP contribution < -0.4 is 5.32 Å². The van der Waals surface area contributed by atoms with E-state index in [0.29, 0.717) is 39.3 Å². The van der Waals surface area contributed by atoms with Crippen LogP contribution in [0.2, 0.25) is 0 Å². The van der Waals surface area contributed by atoms with Crippen LogP contribution in [0.1, 0.15) is 15.2 Å². The first-order valence-electron chi connectivity index (χ1n) is 12.4. The van der Waals surface area contributed by atoms with Crippen LogP contribution in [0.3, 0.4) is 0 Å². The maximum atomic E-state index is 15.3. The second kappa shape index (κ2) is 9.51. The van der Waals surface area contributed by atoms with Gasteiger partial charge in [-0.2, -0.15) is 5.10 Å². The fourth-order valence-electron chi connectivity index (χ4n) is 4.67. The lowest BCUT2D eigenvalue weighted by atomic mass is 10.0. The van der Waals surface area contributed by atoms with Gasteiger partial charge in [-0.1, -0.05) is 18.2 Å². The average molecular weight is 546 g/mol. The minimum atomic E-state index is -0.461. The number of carbonyl (C=O) groups is 1. The van der Waals surface area contributed by atoms with E-state index in [1.807, 2.05) is 24.3 Å². The molecule has 194 valence electrons. The van der Waals surface area contributed by atoms with Crippen molar-refractivity contribution in [3.63, 3.8) is 0 Å². The van der Waals surface area contributed by atoms with Crippen molar-refractivity contribution in [2.75, 3.05) is 5.32 Å². The number of aryl methyl sites for hydroxylation is 1. The van der Waals surface area contributed by atoms with Gasteiger partial charge in [0.25, 0.3) is 5.91 Å². The largest absolute Gasteiger partial charge is 0.336 e. The predicted molar refractivity (Wildman–Crippen MR) is 155 cm³/mol. The van der Waals surface area contributed by atoms with E-state index in [0.717, 1.165) is 21.6 Å². The molecule has 0 fully saturated rings. The number of pyridine rings is 2. The molecule has 0 unspecified atom stereocenters. The summed E-state index contributed by atoms with van der Waals surface area (Å²) in [5.41, 5.74) is 5.33. The van der Waals surface area contributed by atoms with Crippen LogP contribution in [-0.4, -0.2) is 36.0 Å². The van der Waals surface area contributed by atoms with E-state index in [-0.39, 0.29) is 11.4 Å². The lowest BCUT2D eigenvalue weighted by Crippen LogP contribution is -2.11. The van der Waals surface area contributed by atoms with Gasteiger partial charge in [0.1, 0.15) is 28.2 Å². The molecule has 0 saturated heterocycles. The Balaban J connectivity index is 1.28. The zero-order valence-electron chi connectivity index (χ0n) is 21.1. The molecule has 2 aromatic carbocycles. The average Bonchev–Trinajstić information content (AvgIpc) is 3.71. The number of benzene rings is 2. The molecule has 40 heavy (non-hydrogen) atoms. The van der Waals surface area contributed by atoms with Gasteiger partial charge in [0.15, 0.2) is 5.82 Å². The van der Waals surface area contributed by atoms with E-state index in [9.17, 15) is 4.79 Å². The standard InChI is InChI=1S/C30H20FN7OS/c1-16-7-8-24(40-16)28-27-23(9-10-33-28)35-29(36-27)26-21-12-18(13-22(31)25(21)37-38-26)19-11-20(15-32-14-19)34-30(39)17-5-3-2-4-6-17/h2-15H,1H3,(H,34,39)(H,35,36)(H,37,38). The summed E-state index contributed by atoms with van der Waals surface area (Å²) in [5.74, 6) is -0.213. The van der Waals surface area contributed by atoms with Crippen LogP contribution in [-0.2, 0) is 0 Å². The Morgan fingerprint density at radius 1 is 0.975 bits per heavy atom. The highest BCUT2D eigenvalue weighted by atomic mass is 32.1. The zero-order valence-corrected chi connectivity index (χ0v) is 21.9. The Morgan fingerprint density at radius 3 is 2.67 bits per heavy atom. The molecule has 10 heteroatoms. The second-order valence-electron chi connectivity index (χ2n) is 9.29. The van der Waals surface area contributed by atoms with Gasteiger partial charge in [0.05, 0.1) is 22.3 Å². The molecule has 0 aliphatic carbocycles. The number of halogens is 1. The molecule has 7 aromatic rings. The van der Waals surface area contributed by atoms with Crippen LogP contribution in [0.4, 0.5) is 10.1 Å². The Hall–Kier alpha value is -5.22. The van der Waals surface area contributed by atoms with Crippen molar-refractivity contribution in [1.29, 1.82) is 0 Å². The Kier molecular flexibility index (Phi) is 5.67. The van der Waals surface area contributed by atoms with E-state index in [1.54, 1.807) is 60.3 Å². The highest BCUT2D eigenvalue weighted by molar-refractivity contribution is 7.15. The third-order valence-corrected chi connectivity index (χ3v) is 7.60. The molecule has 0 bridgehead atoms. The summed E-state index contributed by atoms with van der Waals surface area (Å²) in [6.45, 7) is 2.05. The molecule has 0 saturated carbocycles. The van der Waals surface area contributed by atoms with Gasteiger partial charge in [-0.25, -0.2) is 9.37 Å². The maximum Gasteiger partial charge on any atom is 0.255 e. The van der Waals surface area contributed by atoms with Gasteiger partial charge in [0.2, 0.25) is 0 Å². The Morgan fingerprint density at radius 2 is 1.85 bits per heavy atom. The van der Waals surface area contributed by atoms with Gasteiger partial charge in [-0.3, -0.25) is 19.9 Å². The number of hydrogen-bond donors (Lipinski definition) is 3. The smallest absolute Gasteiger partial charge is 0.255 e. The molecular formula is C30H20FN7OS. The first-order chi connectivity index (χ1) is 19.5. The molecule has 0 spiro atoms. The fraction of sp³-hybridized carbons (Fsp3) is 0.0333. The number of carbonyl (C=O) groups excluding carboxylic acids is 1. The summed E-state index contributed by atoms with van der Waals surface area (Å²) >= 11 is 1.65. The van der Waals surface area contributed by atoms with Crippen molar-refractivity contribution >= 4 is 44.9 Å². The van der Waals surface area contributed by atoms with E-state index in [2.05, 4.69) is 43.5 Å². The van der Waals surface area contributed by atoms with Crippen molar-refractivity contribution < 1.29 is 9.18 Å². The monoisotopic (exact) mass is 545 g/mol. The predicted octanol–water partition coefficient (Wildman–Crippen LogP) is 6.99. The third kappa shape index (κ3) is 4.20. The molecule has 5 aromatic heterocycles. The number of rotatable bonds is 5. The van der Waals surface area contributed by atoms with E-state index in [1.165, 1.54) is 10.9 Å². The molecule has 8 nitrogen and oxygen atoms in total. The second-order valence-corrected chi connectivity index (χ2v) is 10.6. The molecule has 3 N–H and O–H groups in total. The molecule has 5 heterocycles. The summed E-state index contributed by atoms with van der Waals surface area (Å²) < 4.78 is 15.3. The van der Waals surface area contributed by atoms with Crippen molar-refractivity contribution in [2.24, 2.45) is 0 Å². The topological polar surface area (TPSA) is 112 Å². The minimum absolute atomic E-state index is 0.255. The number of aromatic nitrogens is 6. The van der Waals surface area contributed by atoms with E-state index < -0.39 is 5.82 Å². The van der Waals surface area contributed by atoms with Crippen LogP contribution >= 0.6 is 11.3 Å². The molecule has 0 radical (unpaired) electrons. The summed E-state index contributed by atoms with van der Waals surface area (Å²) in [5, 5.41) is 10.6. The fourth-order valence-corrected chi connectivity index (χ4v) is 5.54. The zero-order chi connectivity index (χ0) is 27.2. The number of aromatic amines is 2. The number of fused-ring (bicyclic) bond motifs is 2. The number of anilines is 1. The summed E-state index contributed by atoms with van der Waals surface area (Å²) in [6, 6.07) is 19.9. The van der Waals surface area contributed by atoms with Crippen molar-refractivity contribution in [2.45, 2.75) is 6.92 Å². The number of hydrogen-bond acceptors (Lipinski definition) is 6. The van der Waals surface area contributed by atoms with Gasteiger partial charge in [-0.05, 0) is 61.0 Å². The van der Waals surface area contributed by atoms with Crippen LogP contribution in [0.25, 0.3) is 55.2 Å². The normalized spacial score (nSPS) is 11.3. The maximum absolute atomic E-state index is 15.3. The number of imidazole rings is 1. The number of nitrogens with zero attached hydrogens (tertiary/aromatic N) is 4. The lowest BCUT2D eigenvalue weighted by Gasteiger charge is -2.08. The minimum Gasteiger partial charge on any atom is -0.336 e. The van der Waals surface area contributed by atoms with Gasteiger partial charge < -0.3 is 10.3 Å². The summed E-state index contributed by atoms with van der Waals surface area (Å²) in [7, 11) is 0. The first-order valence-corrected chi connectivity index (χ1v) is 13.3. The molecule has 0 atom stereocenters. The number of amides is 1. The van der Waals surface area contributed by atoms with Crippen molar-refractivity contribution in [3.8, 4) is 33.2 Å². The molecule has 0 aliphatic rings. The van der Waals surface area contributed by atoms with E-state index >= 15 is 4.39 Å². The number of thiophene rings is 1. The lowest BCUT2D eigenvalue weighted by molar-refractivity contribution is 0.102. The highest BCUT2D eigenvalue weighted by Gasteiger charge is 2.19. The summed E-state index contributed by atoms with van der Waals surface area (Å²) in [4.78, 5) is 31.8.